The highest BCUT2D eigenvalue weighted by Crippen LogP contribution is 2.41. The number of nitrogens with two attached hydrogens (primary N) is 1. The van der Waals surface area contributed by atoms with Gasteiger partial charge in [0.05, 0.1) is 5.71 Å². The molecule has 3 atom stereocenters. The highest BCUT2D eigenvalue weighted by molar-refractivity contribution is 6.11. The zero-order valence-corrected chi connectivity index (χ0v) is 17.8. The molecular formula is C25H33N5. The first-order valence-corrected chi connectivity index (χ1v) is 11.0. The van der Waals surface area contributed by atoms with Gasteiger partial charge in [0, 0.05) is 48.7 Å². The molecule has 1 saturated heterocycles. The normalized spacial score (nSPS) is 26.7. The van der Waals surface area contributed by atoms with Gasteiger partial charge in [-0.2, -0.15) is 0 Å². The Kier molecular flexibility index (Phi) is 6.30. The van der Waals surface area contributed by atoms with Crippen LogP contribution in [-0.2, 0) is 0 Å². The van der Waals surface area contributed by atoms with Crippen LogP contribution in [0.25, 0.3) is 0 Å². The minimum Gasteiger partial charge on any atom is -0.402 e. The number of pyridine rings is 1. The number of nitrogens with zero attached hydrogens (tertiary/aromatic N) is 1. The maximum absolute atomic E-state index is 8.68. The topological polar surface area (TPSA) is 86.8 Å². The second-order valence-corrected chi connectivity index (χ2v) is 9.09. The van der Waals surface area contributed by atoms with Crippen LogP contribution in [0.2, 0.25) is 0 Å². The Morgan fingerprint density at radius 1 is 1.20 bits per heavy atom. The first-order chi connectivity index (χ1) is 14.6. The standard InChI is InChI=1S/C25H33N5/c1-25(10-7-22(26)20(15-25)24(27)19-8-12-28-13-9-19)11-14-30-23-17-29-16-21(23)18-5-3-2-4-6-18/h2-6,8-9,12-13,21,23,27,29-30H,7,10-11,14-17,26H2,1H3. The van der Waals surface area contributed by atoms with E-state index in [1.807, 2.05) is 12.1 Å². The van der Waals surface area contributed by atoms with Crippen LogP contribution in [0, 0.1) is 10.8 Å². The van der Waals surface area contributed by atoms with Crippen molar-refractivity contribution in [3.05, 3.63) is 77.3 Å². The maximum Gasteiger partial charge on any atom is 0.0662 e. The van der Waals surface area contributed by atoms with Crippen LogP contribution in [-0.4, -0.2) is 36.4 Å². The SMILES string of the molecule is CC1(CCNC2CNCC2c2ccccc2)CCC(N)=C(C(=N)c2ccncc2)C1. The molecule has 1 aliphatic heterocycles. The zero-order chi connectivity index (χ0) is 21.0. The summed E-state index contributed by atoms with van der Waals surface area (Å²) in [7, 11) is 0. The summed E-state index contributed by atoms with van der Waals surface area (Å²) in [6, 6.07) is 15.1. The Morgan fingerprint density at radius 3 is 2.73 bits per heavy atom. The highest BCUT2D eigenvalue weighted by Gasteiger charge is 2.33. The molecular weight excluding hydrogens is 370 g/mol. The molecule has 0 spiro atoms. The Hall–Kier alpha value is -2.50. The van der Waals surface area contributed by atoms with E-state index in [0.717, 1.165) is 62.2 Å². The Bertz CT molecular complexity index is 892. The molecule has 5 N–H and O–H groups in total. The van der Waals surface area contributed by atoms with E-state index in [1.165, 1.54) is 5.56 Å². The summed E-state index contributed by atoms with van der Waals surface area (Å²) in [5.74, 6) is 0.524. The van der Waals surface area contributed by atoms with Crippen molar-refractivity contribution in [2.24, 2.45) is 11.1 Å². The quantitative estimate of drug-likeness (QED) is 0.532. The lowest BCUT2D eigenvalue weighted by atomic mass is 9.71. The summed E-state index contributed by atoms with van der Waals surface area (Å²) in [6.07, 6.45) is 7.39. The van der Waals surface area contributed by atoms with Crippen molar-refractivity contribution in [1.82, 2.24) is 15.6 Å². The van der Waals surface area contributed by atoms with E-state index < -0.39 is 0 Å². The third-order valence-corrected chi connectivity index (χ3v) is 6.84. The number of hydrogen-bond acceptors (Lipinski definition) is 5. The summed E-state index contributed by atoms with van der Waals surface area (Å²) in [4.78, 5) is 4.07. The average molecular weight is 404 g/mol. The van der Waals surface area contributed by atoms with Gasteiger partial charge in [0.2, 0.25) is 0 Å². The van der Waals surface area contributed by atoms with Gasteiger partial charge < -0.3 is 16.4 Å². The van der Waals surface area contributed by atoms with Gasteiger partial charge in [-0.3, -0.25) is 10.4 Å². The molecule has 1 aromatic carbocycles. The van der Waals surface area contributed by atoms with Crippen molar-refractivity contribution in [3.8, 4) is 0 Å². The fourth-order valence-electron chi connectivity index (χ4n) is 4.87. The number of aromatic nitrogens is 1. The second kappa shape index (κ2) is 9.11. The van der Waals surface area contributed by atoms with Gasteiger partial charge in [-0.05, 0) is 60.9 Å². The molecule has 0 radical (unpaired) electrons. The molecule has 2 aliphatic rings. The summed E-state index contributed by atoms with van der Waals surface area (Å²) < 4.78 is 0. The molecule has 1 aromatic heterocycles. The van der Waals surface area contributed by atoms with Gasteiger partial charge in [0.1, 0.15) is 0 Å². The molecule has 2 aromatic rings. The van der Waals surface area contributed by atoms with E-state index in [2.05, 4.69) is 52.9 Å². The molecule has 2 heterocycles. The predicted octanol–water partition coefficient (Wildman–Crippen LogP) is 3.59. The van der Waals surface area contributed by atoms with Crippen molar-refractivity contribution in [1.29, 1.82) is 5.41 Å². The number of nitrogens with one attached hydrogen (secondary N) is 3. The first kappa shape index (κ1) is 20.8. The van der Waals surface area contributed by atoms with Crippen LogP contribution in [0.1, 0.15) is 49.7 Å². The Balaban J connectivity index is 1.36. The third kappa shape index (κ3) is 4.63. The molecule has 0 bridgehead atoms. The fourth-order valence-corrected chi connectivity index (χ4v) is 4.87. The van der Waals surface area contributed by atoms with Crippen molar-refractivity contribution < 1.29 is 0 Å². The first-order valence-electron chi connectivity index (χ1n) is 11.0. The average Bonchev–Trinajstić information content (AvgIpc) is 3.25. The van der Waals surface area contributed by atoms with Crippen molar-refractivity contribution in [3.63, 3.8) is 0 Å². The van der Waals surface area contributed by atoms with Crippen molar-refractivity contribution >= 4 is 5.71 Å². The molecule has 4 rings (SSSR count). The lowest BCUT2D eigenvalue weighted by molar-refractivity contribution is 0.250. The molecule has 30 heavy (non-hydrogen) atoms. The summed E-state index contributed by atoms with van der Waals surface area (Å²) in [5, 5.41) is 16.0. The summed E-state index contributed by atoms with van der Waals surface area (Å²) in [6.45, 7) is 5.39. The summed E-state index contributed by atoms with van der Waals surface area (Å²) in [5.41, 5.74) is 11.3. The molecule has 158 valence electrons. The lowest BCUT2D eigenvalue weighted by Gasteiger charge is -2.36. The van der Waals surface area contributed by atoms with Crippen LogP contribution in [0.4, 0.5) is 0 Å². The van der Waals surface area contributed by atoms with Gasteiger partial charge >= 0.3 is 0 Å². The predicted molar refractivity (Wildman–Crippen MR) is 123 cm³/mol. The zero-order valence-electron chi connectivity index (χ0n) is 17.8. The molecule has 5 nitrogen and oxygen atoms in total. The van der Waals surface area contributed by atoms with Crippen molar-refractivity contribution in [2.75, 3.05) is 19.6 Å². The molecule has 5 heteroatoms. The van der Waals surface area contributed by atoms with E-state index in [9.17, 15) is 0 Å². The van der Waals surface area contributed by atoms with Gasteiger partial charge in [-0.15, -0.1) is 0 Å². The van der Waals surface area contributed by atoms with E-state index in [4.69, 9.17) is 11.1 Å². The smallest absolute Gasteiger partial charge is 0.0662 e. The Labute approximate surface area is 179 Å². The molecule has 0 amide bonds. The van der Waals surface area contributed by atoms with Crippen LogP contribution < -0.4 is 16.4 Å². The molecule has 0 saturated carbocycles. The van der Waals surface area contributed by atoms with Crippen LogP contribution >= 0.6 is 0 Å². The lowest BCUT2D eigenvalue weighted by Crippen LogP contribution is -2.38. The van der Waals surface area contributed by atoms with E-state index >= 15 is 0 Å². The number of allylic oxidation sites excluding steroid dienone is 2. The minimum atomic E-state index is 0.165. The van der Waals surface area contributed by atoms with Gasteiger partial charge in [-0.1, -0.05) is 37.3 Å². The molecule has 3 unspecified atom stereocenters. The number of benzene rings is 1. The summed E-state index contributed by atoms with van der Waals surface area (Å²) >= 11 is 0. The second-order valence-electron chi connectivity index (χ2n) is 9.09. The van der Waals surface area contributed by atoms with E-state index in [0.29, 0.717) is 17.7 Å². The van der Waals surface area contributed by atoms with Gasteiger partial charge in [0.25, 0.3) is 0 Å². The van der Waals surface area contributed by atoms with Crippen LogP contribution in [0.15, 0.2) is 66.1 Å². The third-order valence-electron chi connectivity index (χ3n) is 6.84. The Morgan fingerprint density at radius 2 is 1.97 bits per heavy atom. The van der Waals surface area contributed by atoms with Gasteiger partial charge in [0.15, 0.2) is 0 Å². The van der Waals surface area contributed by atoms with Crippen LogP contribution in [0.5, 0.6) is 0 Å². The van der Waals surface area contributed by atoms with E-state index in [-0.39, 0.29) is 5.41 Å². The van der Waals surface area contributed by atoms with Crippen molar-refractivity contribution in [2.45, 2.75) is 44.6 Å². The van der Waals surface area contributed by atoms with Gasteiger partial charge in [-0.25, -0.2) is 0 Å². The minimum absolute atomic E-state index is 0.165. The van der Waals surface area contributed by atoms with Crippen LogP contribution in [0.3, 0.4) is 0 Å². The maximum atomic E-state index is 8.68. The molecule has 1 fully saturated rings. The number of hydrogen-bond donors (Lipinski definition) is 4. The molecule has 1 aliphatic carbocycles. The highest BCUT2D eigenvalue weighted by atomic mass is 15.0. The monoisotopic (exact) mass is 403 g/mol. The van der Waals surface area contributed by atoms with E-state index in [1.54, 1.807) is 12.4 Å². The number of rotatable bonds is 7. The fraction of sp³-hybridized carbons (Fsp3) is 0.440. The largest absolute Gasteiger partial charge is 0.402 e.